The van der Waals surface area contributed by atoms with Crippen molar-refractivity contribution in [3.05, 3.63) is 0 Å². The van der Waals surface area contributed by atoms with Crippen LogP contribution in [0.25, 0.3) is 0 Å². The zero-order valence-electron chi connectivity index (χ0n) is 14.4. The molecule has 0 radical (unpaired) electrons. The predicted molar refractivity (Wildman–Crippen MR) is 97.0 cm³/mol. The minimum atomic E-state index is 0. The normalized spacial score (nSPS) is 29.4. The fraction of sp³-hybridized carbons (Fsp3) is 0.944. The highest BCUT2D eigenvalue weighted by atomic mass is 35.5. The summed E-state index contributed by atoms with van der Waals surface area (Å²) in [6.45, 7) is 5.60. The second-order valence-corrected chi connectivity index (χ2v) is 7.64. The van der Waals surface area contributed by atoms with Gasteiger partial charge >= 0.3 is 0 Å². The van der Waals surface area contributed by atoms with Crippen molar-refractivity contribution in [1.82, 2.24) is 15.5 Å². The van der Waals surface area contributed by atoms with Gasteiger partial charge in [0.05, 0.1) is 6.04 Å². The largest absolute Gasteiger partial charge is 0.354 e. The molecule has 3 rings (SSSR count). The quantitative estimate of drug-likeness (QED) is 0.779. The van der Waals surface area contributed by atoms with Gasteiger partial charge in [-0.2, -0.15) is 0 Å². The summed E-state index contributed by atoms with van der Waals surface area (Å²) in [4.78, 5) is 14.7. The molecule has 2 unspecified atom stereocenters. The molecule has 0 aromatic heterocycles. The standard InChI is InChI=1S/C18H33N3O.ClH/c22-18(17-8-3-10-19-17)20-13-16-7-4-11-21(14-16)12-9-15-5-1-2-6-15;/h15-17,19H,1-14H2,(H,20,22);1H. The van der Waals surface area contributed by atoms with Gasteiger partial charge in [0, 0.05) is 13.1 Å². The van der Waals surface area contributed by atoms with Crippen LogP contribution in [0.2, 0.25) is 0 Å². The lowest BCUT2D eigenvalue weighted by Crippen LogP contribution is -2.45. The van der Waals surface area contributed by atoms with Crippen LogP contribution in [0.1, 0.15) is 57.8 Å². The maximum atomic E-state index is 12.1. The fourth-order valence-electron chi connectivity index (χ4n) is 4.46. The number of rotatable bonds is 6. The van der Waals surface area contributed by atoms with Gasteiger partial charge in [0.15, 0.2) is 0 Å². The number of hydrogen-bond donors (Lipinski definition) is 2. The van der Waals surface area contributed by atoms with Crippen LogP contribution >= 0.6 is 12.4 Å². The Morgan fingerprint density at radius 1 is 1.04 bits per heavy atom. The number of piperidine rings is 1. The van der Waals surface area contributed by atoms with E-state index in [9.17, 15) is 4.79 Å². The summed E-state index contributed by atoms with van der Waals surface area (Å²) >= 11 is 0. The van der Waals surface area contributed by atoms with Gasteiger partial charge in [0.1, 0.15) is 0 Å². The van der Waals surface area contributed by atoms with Crippen molar-refractivity contribution in [2.45, 2.75) is 63.8 Å². The van der Waals surface area contributed by atoms with Crippen molar-refractivity contribution in [3.8, 4) is 0 Å². The first-order chi connectivity index (χ1) is 10.8. The third-order valence-corrected chi connectivity index (χ3v) is 5.87. The maximum absolute atomic E-state index is 12.1. The van der Waals surface area contributed by atoms with Gasteiger partial charge in [0.25, 0.3) is 0 Å². The molecule has 1 aliphatic carbocycles. The summed E-state index contributed by atoms with van der Waals surface area (Å²) < 4.78 is 0. The Morgan fingerprint density at radius 3 is 2.57 bits per heavy atom. The van der Waals surface area contributed by atoms with Crippen molar-refractivity contribution in [2.24, 2.45) is 11.8 Å². The van der Waals surface area contributed by atoms with Gasteiger partial charge in [0.2, 0.25) is 5.91 Å². The Morgan fingerprint density at radius 2 is 1.83 bits per heavy atom. The molecule has 134 valence electrons. The molecule has 0 bridgehead atoms. The fourth-order valence-corrected chi connectivity index (χ4v) is 4.46. The average molecular weight is 344 g/mol. The van der Waals surface area contributed by atoms with E-state index in [4.69, 9.17) is 0 Å². The van der Waals surface area contributed by atoms with Crippen LogP contribution in [-0.4, -0.2) is 49.6 Å². The first kappa shape index (κ1) is 19.0. The van der Waals surface area contributed by atoms with Crippen molar-refractivity contribution >= 4 is 18.3 Å². The van der Waals surface area contributed by atoms with Gasteiger partial charge in [-0.05, 0) is 63.6 Å². The van der Waals surface area contributed by atoms with Crippen molar-refractivity contribution in [2.75, 3.05) is 32.7 Å². The van der Waals surface area contributed by atoms with Crippen LogP contribution in [0.5, 0.6) is 0 Å². The molecule has 4 nitrogen and oxygen atoms in total. The maximum Gasteiger partial charge on any atom is 0.237 e. The highest BCUT2D eigenvalue weighted by Gasteiger charge is 2.25. The third-order valence-electron chi connectivity index (χ3n) is 5.87. The summed E-state index contributed by atoms with van der Waals surface area (Å²) in [6, 6.07) is 0.0714. The van der Waals surface area contributed by atoms with Gasteiger partial charge in [-0.3, -0.25) is 4.79 Å². The van der Waals surface area contributed by atoms with Crippen LogP contribution in [0.15, 0.2) is 0 Å². The SMILES string of the molecule is Cl.O=C(NCC1CCCN(CCC2CCCC2)C1)C1CCCN1. The minimum absolute atomic E-state index is 0. The molecule has 3 aliphatic rings. The lowest BCUT2D eigenvalue weighted by atomic mass is 9.96. The zero-order chi connectivity index (χ0) is 15.2. The Labute approximate surface area is 147 Å². The van der Waals surface area contributed by atoms with Gasteiger partial charge in [-0.15, -0.1) is 12.4 Å². The van der Waals surface area contributed by atoms with E-state index in [0.29, 0.717) is 5.92 Å². The van der Waals surface area contributed by atoms with Crippen molar-refractivity contribution in [1.29, 1.82) is 0 Å². The van der Waals surface area contributed by atoms with Gasteiger partial charge in [-0.1, -0.05) is 25.7 Å². The highest BCUT2D eigenvalue weighted by molar-refractivity contribution is 5.85. The van der Waals surface area contributed by atoms with Crippen LogP contribution in [0.3, 0.4) is 0 Å². The predicted octanol–water partition coefficient (Wildman–Crippen LogP) is 2.57. The molecule has 2 saturated heterocycles. The van der Waals surface area contributed by atoms with E-state index in [1.165, 1.54) is 64.6 Å². The number of carbonyl (C=O) groups is 1. The lowest BCUT2D eigenvalue weighted by molar-refractivity contribution is -0.123. The number of halogens is 1. The first-order valence-corrected chi connectivity index (χ1v) is 9.55. The smallest absolute Gasteiger partial charge is 0.237 e. The Hall–Kier alpha value is -0.320. The van der Waals surface area contributed by atoms with Crippen LogP contribution < -0.4 is 10.6 Å². The molecular formula is C18H34ClN3O. The number of nitrogens with zero attached hydrogens (tertiary/aromatic N) is 1. The van der Waals surface area contributed by atoms with Crippen molar-refractivity contribution in [3.63, 3.8) is 0 Å². The summed E-state index contributed by atoms with van der Waals surface area (Å²) in [5.41, 5.74) is 0. The van der Waals surface area contributed by atoms with Crippen LogP contribution in [-0.2, 0) is 4.79 Å². The van der Waals surface area contributed by atoms with Crippen LogP contribution in [0, 0.1) is 11.8 Å². The zero-order valence-corrected chi connectivity index (χ0v) is 15.2. The summed E-state index contributed by atoms with van der Waals surface area (Å²) in [6.07, 6.45) is 11.9. The Balaban J connectivity index is 0.00000192. The number of nitrogens with one attached hydrogen (secondary N) is 2. The summed E-state index contributed by atoms with van der Waals surface area (Å²) in [5, 5.41) is 6.47. The third kappa shape index (κ3) is 5.91. The van der Waals surface area contributed by atoms with E-state index in [0.717, 1.165) is 31.8 Å². The Bertz CT molecular complexity index is 354. The second kappa shape index (κ2) is 9.85. The number of amides is 1. The van der Waals surface area contributed by atoms with E-state index >= 15 is 0 Å². The van der Waals surface area contributed by atoms with Crippen LogP contribution in [0.4, 0.5) is 0 Å². The summed E-state index contributed by atoms with van der Waals surface area (Å²) in [7, 11) is 0. The second-order valence-electron chi connectivity index (χ2n) is 7.64. The molecule has 23 heavy (non-hydrogen) atoms. The molecule has 0 spiro atoms. The molecule has 1 saturated carbocycles. The highest BCUT2D eigenvalue weighted by Crippen LogP contribution is 2.28. The Kier molecular flexibility index (Phi) is 8.14. The molecule has 2 atom stereocenters. The molecule has 3 fully saturated rings. The number of carbonyl (C=O) groups excluding carboxylic acids is 1. The first-order valence-electron chi connectivity index (χ1n) is 9.55. The monoisotopic (exact) mass is 343 g/mol. The molecule has 1 amide bonds. The lowest BCUT2D eigenvalue weighted by Gasteiger charge is -2.33. The average Bonchev–Trinajstić information content (AvgIpc) is 3.24. The molecule has 0 aromatic carbocycles. The molecule has 0 aromatic rings. The van der Waals surface area contributed by atoms with E-state index < -0.39 is 0 Å². The van der Waals surface area contributed by atoms with Gasteiger partial charge < -0.3 is 15.5 Å². The number of hydrogen-bond acceptors (Lipinski definition) is 3. The summed E-state index contributed by atoms with van der Waals surface area (Å²) in [5.74, 6) is 1.87. The number of likely N-dealkylation sites (tertiary alicyclic amines) is 1. The topological polar surface area (TPSA) is 44.4 Å². The molecular weight excluding hydrogens is 310 g/mol. The van der Waals surface area contributed by atoms with E-state index in [1.807, 2.05) is 0 Å². The molecule has 2 heterocycles. The van der Waals surface area contributed by atoms with E-state index in [1.54, 1.807) is 0 Å². The van der Waals surface area contributed by atoms with E-state index in [2.05, 4.69) is 15.5 Å². The molecule has 5 heteroatoms. The molecule has 2 aliphatic heterocycles. The molecule has 2 N–H and O–H groups in total. The van der Waals surface area contributed by atoms with Crippen molar-refractivity contribution < 1.29 is 4.79 Å². The van der Waals surface area contributed by atoms with Gasteiger partial charge in [-0.25, -0.2) is 0 Å². The van der Waals surface area contributed by atoms with E-state index in [-0.39, 0.29) is 24.4 Å². The minimum Gasteiger partial charge on any atom is -0.354 e.